The first-order valence-electron chi connectivity index (χ1n) is 7.71. The first kappa shape index (κ1) is 21.5. The number of hydrogen-bond acceptors (Lipinski definition) is 5. The number of halogens is 1. The van der Waals surface area contributed by atoms with Gasteiger partial charge >= 0.3 is 0 Å². The molecule has 0 spiro atoms. The van der Waals surface area contributed by atoms with Gasteiger partial charge in [0.2, 0.25) is 0 Å². The van der Waals surface area contributed by atoms with Gasteiger partial charge in [-0.3, -0.25) is 4.99 Å². The van der Waals surface area contributed by atoms with Gasteiger partial charge in [-0.1, -0.05) is 13.8 Å². The number of anilines is 1. The minimum Gasteiger partial charge on any atom is -0.493 e. The SMILES string of the molecule is CN=C(NCc1csc(C(C)C)n1)Nc1ccc(OC)c(OC)c1.I. The van der Waals surface area contributed by atoms with Crippen LogP contribution in [0.25, 0.3) is 0 Å². The molecule has 0 bridgehead atoms. The van der Waals surface area contributed by atoms with Crippen LogP contribution < -0.4 is 20.1 Å². The van der Waals surface area contributed by atoms with Crippen LogP contribution in [0.1, 0.15) is 30.5 Å². The molecule has 1 aromatic carbocycles. The van der Waals surface area contributed by atoms with Crippen molar-refractivity contribution >= 4 is 47.0 Å². The van der Waals surface area contributed by atoms with Crippen molar-refractivity contribution in [2.45, 2.75) is 26.3 Å². The van der Waals surface area contributed by atoms with Crippen LogP contribution in [0, 0.1) is 0 Å². The van der Waals surface area contributed by atoms with E-state index >= 15 is 0 Å². The first-order chi connectivity index (χ1) is 11.6. The highest BCUT2D eigenvalue weighted by molar-refractivity contribution is 14.0. The Balaban J connectivity index is 0.00000312. The van der Waals surface area contributed by atoms with Crippen molar-refractivity contribution in [3.05, 3.63) is 34.3 Å². The zero-order valence-electron chi connectivity index (χ0n) is 15.1. The van der Waals surface area contributed by atoms with Crippen LogP contribution in [-0.2, 0) is 6.54 Å². The van der Waals surface area contributed by atoms with Crippen LogP contribution in [0.5, 0.6) is 11.5 Å². The molecule has 0 radical (unpaired) electrons. The fourth-order valence-corrected chi connectivity index (χ4v) is 2.91. The summed E-state index contributed by atoms with van der Waals surface area (Å²) < 4.78 is 10.6. The minimum atomic E-state index is 0. The van der Waals surface area contributed by atoms with Gasteiger partial charge in [0.25, 0.3) is 0 Å². The highest BCUT2D eigenvalue weighted by atomic mass is 127. The third-order valence-electron chi connectivity index (χ3n) is 3.37. The van der Waals surface area contributed by atoms with Crippen LogP contribution in [0.4, 0.5) is 5.69 Å². The number of guanidine groups is 1. The molecule has 6 nitrogen and oxygen atoms in total. The molecule has 0 fully saturated rings. The molecule has 8 heteroatoms. The molecule has 0 saturated carbocycles. The number of ether oxygens (including phenoxy) is 2. The summed E-state index contributed by atoms with van der Waals surface area (Å²) in [5, 5.41) is 9.72. The van der Waals surface area contributed by atoms with Crippen LogP contribution in [-0.4, -0.2) is 32.2 Å². The van der Waals surface area contributed by atoms with Gasteiger partial charge in [-0.05, 0) is 12.1 Å². The predicted octanol–water partition coefficient (Wildman–Crippen LogP) is 4.09. The zero-order chi connectivity index (χ0) is 17.5. The summed E-state index contributed by atoms with van der Waals surface area (Å²) in [4.78, 5) is 8.85. The van der Waals surface area contributed by atoms with E-state index in [1.807, 2.05) is 18.2 Å². The monoisotopic (exact) mass is 476 g/mol. The van der Waals surface area contributed by atoms with Gasteiger partial charge in [0.15, 0.2) is 17.5 Å². The van der Waals surface area contributed by atoms with Gasteiger partial charge in [-0.25, -0.2) is 4.98 Å². The summed E-state index contributed by atoms with van der Waals surface area (Å²) in [5.74, 6) is 2.47. The number of methoxy groups -OCH3 is 2. The summed E-state index contributed by atoms with van der Waals surface area (Å²) in [6.45, 7) is 4.91. The summed E-state index contributed by atoms with van der Waals surface area (Å²) in [6, 6.07) is 5.63. The molecule has 25 heavy (non-hydrogen) atoms. The van der Waals surface area contributed by atoms with Gasteiger partial charge in [-0.15, -0.1) is 35.3 Å². The van der Waals surface area contributed by atoms with Crippen LogP contribution >= 0.6 is 35.3 Å². The van der Waals surface area contributed by atoms with E-state index in [1.54, 1.807) is 32.6 Å². The molecule has 0 aliphatic heterocycles. The summed E-state index contributed by atoms with van der Waals surface area (Å²) in [5.41, 5.74) is 1.88. The molecule has 138 valence electrons. The van der Waals surface area contributed by atoms with E-state index in [4.69, 9.17) is 9.47 Å². The van der Waals surface area contributed by atoms with E-state index < -0.39 is 0 Å². The average Bonchev–Trinajstić information content (AvgIpc) is 3.07. The van der Waals surface area contributed by atoms with Crippen molar-refractivity contribution in [2.24, 2.45) is 4.99 Å². The Morgan fingerprint density at radius 3 is 2.52 bits per heavy atom. The van der Waals surface area contributed by atoms with Crippen molar-refractivity contribution in [3.8, 4) is 11.5 Å². The first-order valence-corrected chi connectivity index (χ1v) is 8.59. The van der Waals surface area contributed by atoms with Gasteiger partial charge in [0.1, 0.15) is 0 Å². The number of aliphatic imine (C=N–C) groups is 1. The van der Waals surface area contributed by atoms with Crippen molar-refractivity contribution in [1.82, 2.24) is 10.3 Å². The molecule has 0 aliphatic carbocycles. The Labute approximate surface area is 170 Å². The maximum absolute atomic E-state index is 5.31. The number of benzene rings is 1. The van der Waals surface area contributed by atoms with E-state index in [1.165, 1.54) is 0 Å². The molecule has 0 aliphatic rings. The maximum atomic E-state index is 5.31. The number of hydrogen-bond donors (Lipinski definition) is 2. The molecule has 1 aromatic heterocycles. The second-order valence-corrected chi connectivity index (χ2v) is 6.34. The lowest BCUT2D eigenvalue weighted by Crippen LogP contribution is -2.30. The zero-order valence-corrected chi connectivity index (χ0v) is 18.3. The Morgan fingerprint density at radius 1 is 1.24 bits per heavy atom. The van der Waals surface area contributed by atoms with Crippen LogP contribution in [0.2, 0.25) is 0 Å². The summed E-state index contributed by atoms with van der Waals surface area (Å²) in [6.07, 6.45) is 0. The van der Waals surface area contributed by atoms with E-state index in [-0.39, 0.29) is 24.0 Å². The Kier molecular flexibility index (Phi) is 8.98. The standard InChI is InChI=1S/C17H24N4O2S.HI/c1-11(2)16-20-13(10-24-16)9-19-17(18-3)21-12-6-7-14(22-4)15(8-12)23-5;/h6-8,10-11H,9H2,1-5H3,(H2,18,19,21);1H. The number of thiazole rings is 1. The van der Waals surface area contributed by atoms with Crippen molar-refractivity contribution in [2.75, 3.05) is 26.6 Å². The van der Waals surface area contributed by atoms with Crippen LogP contribution in [0.3, 0.4) is 0 Å². The highest BCUT2D eigenvalue weighted by Gasteiger charge is 2.08. The van der Waals surface area contributed by atoms with Gasteiger partial charge < -0.3 is 20.1 Å². The quantitative estimate of drug-likeness (QED) is 0.374. The number of nitrogens with one attached hydrogen (secondary N) is 2. The third kappa shape index (κ3) is 6.03. The fraction of sp³-hybridized carbons (Fsp3) is 0.412. The maximum Gasteiger partial charge on any atom is 0.195 e. The molecular weight excluding hydrogens is 451 g/mol. The second kappa shape index (κ2) is 10.4. The molecule has 2 rings (SSSR count). The summed E-state index contributed by atoms with van der Waals surface area (Å²) in [7, 11) is 4.96. The third-order valence-corrected chi connectivity index (χ3v) is 4.56. The van der Waals surface area contributed by atoms with Crippen molar-refractivity contribution in [3.63, 3.8) is 0 Å². The lowest BCUT2D eigenvalue weighted by Gasteiger charge is -2.13. The van der Waals surface area contributed by atoms with Gasteiger partial charge in [0, 0.05) is 30.1 Å². The summed E-state index contributed by atoms with van der Waals surface area (Å²) >= 11 is 1.69. The molecule has 0 amide bonds. The second-order valence-electron chi connectivity index (χ2n) is 5.45. The Morgan fingerprint density at radius 2 is 1.96 bits per heavy atom. The number of nitrogens with zero attached hydrogens (tertiary/aromatic N) is 2. The minimum absolute atomic E-state index is 0. The number of rotatable bonds is 6. The molecule has 0 unspecified atom stereocenters. The average molecular weight is 476 g/mol. The van der Waals surface area contributed by atoms with Crippen molar-refractivity contribution < 1.29 is 9.47 Å². The topological polar surface area (TPSA) is 67.8 Å². The van der Waals surface area contributed by atoms with Crippen LogP contribution in [0.15, 0.2) is 28.6 Å². The lowest BCUT2D eigenvalue weighted by atomic mass is 10.2. The largest absolute Gasteiger partial charge is 0.493 e. The normalized spacial score (nSPS) is 11.0. The number of aromatic nitrogens is 1. The lowest BCUT2D eigenvalue weighted by molar-refractivity contribution is 0.355. The molecule has 1 heterocycles. The molecule has 2 N–H and O–H groups in total. The van der Waals surface area contributed by atoms with E-state index in [0.29, 0.717) is 29.9 Å². The predicted molar refractivity (Wildman–Crippen MR) is 115 cm³/mol. The van der Waals surface area contributed by atoms with E-state index in [0.717, 1.165) is 16.4 Å². The van der Waals surface area contributed by atoms with E-state index in [2.05, 4.69) is 39.8 Å². The van der Waals surface area contributed by atoms with Crippen molar-refractivity contribution in [1.29, 1.82) is 0 Å². The highest BCUT2D eigenvalue weighted by Crippen LogP contribution is 2.29. The Hall–Kier alpha value is -1.55. The Bertz CT molecular complexity index is 704. The van der Waals surface area contributed by atoms with Gasteiger partial charge in [0.05, 0.1) is 31.5 Å². The molecule has 2 aromatic rings. The van der Waals surface area contributed by atoms with E-state index in [9.17, 15) is 0 Å². The molecular formula is C17H25IN4O2S. The van der Waals surface area contributed by atoms with Gasteiger partial charge in [-0.2, -0.15) is 0 Å². The smallest absolute Gasteiger partial charge is 0.195 e. The fourth-order valence-electron chi connectivity index (χ4n) is 2.07. The molecule has 0 saturated heterocycles. The molecule has 0 atom stereocenters.